The summed E-state index contributed by atoms with van der Waals surface area (Å²) in [4.78, 5) is 28.6. The van der Waals surface area contributed by atoms with Crippen molar-refractivity contribution in [2.45, 2.75) is 50.7 Å². The summed E-state index contributed by atoms with van der Waals surface area (Å²) in [7, 11) is 0. The van der Waals surface area contributed by atoms with Crippen molar-refractivity contribution in [1.29, 1.82) is 5.26 Å². The number of carbonyl (C=O) groups excluding carboxylic acids is 1. The monoisotopic (exact) mass is 875 g/mol. The molecule has 1 unspecified atom stereocenters. The van der Waals surface area contributed by atoms with Crippen molar-refractivity contribution in [1.82, 2.24) is 10.2 Å². The first-order chi connectivity index (χ1) is 29.5. The molecule has 61 heavy (non-hydrogen) atoms. The highest BCUT2D eigenvalue weighted by Gasteiger charge is 2.36. The van der Waals surface area contributed by atoms with Gasteiger partial charge in [-0.15, -0.1) is 0 Å². The van der Waals surface area contributed by atoms with Crippen LogP contribution in [0.4, 0.5) is 4.39 Å². The normalized spacial score (nSPS) is 16.2. The molecule has 8 rings (SSSR count). The van der Waals surface area contributed by atoms with Gasteiger partial charge in [-0.3, -0.25) is 9.69 Å². The van der Waals surface area contributed by atoms with Crippen LogP contribution in [0.2, 0.25) is 15.1 Å². The van der Waals surface area contributed by atoms with Gasteiger partial charge in [-0.1, -0.05) is 95.5 Å². The van der Waals surface area contributed by atoms with Crippen LogP contribution >= 0.6 is 34.8 Å². The molecule has 0 aromatic heterocycles. The number of aliphatic carboxylic acids is 1. The molecule has 3 atom stereocenters. The van der Waals surface area contributed by atoms with Crippen LogP contribution in [0.1, 0.15) is 45.0 Å². The number of ether oxygens (including phenoxy) is 3. The number of nitrogens with one attached hydrogen (secondary N) is 1. The largest absolute Gasteiger partial charge is 0.489 e. The van der Waals surface area contributed by atoms with Crippen molar-refractivity contribution in [2.24, 2.45) is 0 Å². The van der Waals surface area contributed by atoms with Crippen LogP contribution in [0.5, 0.6) is 17.2 Å². The predicted molar refractivity (Wildman–Crippen MR) is 231 cm³/mol. The summed E-state index contributed by atoms with van der Waals surface area (Å²) in [5.74, 6) is -0.504. The van der Waals surface area contributed by atoms with E-state index in [1.165, 1.54) is 12.1 Å². The standard InChI is InChI=1S/C48H37Cl3FN3O6/c49-38-2-1-3-41(52)37(38)25-55-24-35-22-45-44(60-27-46(61-45)33-13-15-36(16-14-33)59-26-30-8-17-39(50)40(51)18-30)21-34(35)20-43(55)47(56)54-42(48(57)58)19-28-4-9-31(10-5-28)32-11-6-29(23-53)7-12-32/h1-18,21-22,42-43,46H,19-20,24-27H2,(H,54,56)(H,57,58)/t42-,43-,46?/m0/s1. The average Bonchev–Trinajstić information content (AvgIpc) is 3.27. The Balaban J connectivity index is 0.980. The van der Waals surface area contributed by atoms with Gasteiger partial charge in [-0.25, -0.2) is 9.18 Å². The molecule has 1 amide bonds. The second-order valence-electron chi connectivity index (χ2n) is 14.9. The molecule has 13 heteroatoms. The van der Waals surface area contributed by atoms with Crippen LogP contribution in [-0.4, -0.2) is 40.6 Å². The molecule has 0 aliphatic carbocycles. The third kappa shape index (κ3) is 9.62. The lowest BCUT2D eigenvalue weighted by Gasteiger charge is -2.38. The molecular weight excluding hydrogens is 840 g/mol. The van der Waals surface area contributed by atoms with Gasteiger partial charge < -0.3 is 24.6 Å². The van der Waals surface area contributed by atoms with Gasteiger partial charge in [0.2, 0.25) is 5.91 Å². The van der Waals surface area contributed by atoms with Gasteiger partial charge >= 0.3 is 5.97 Å². The number of hydrogen-bond donors (Lipinski definition) is 2. The molecule has 2 heterocycles. The summed E-state index contributed by atoms with van der Waals surface area (Å²) in [5.41, 5.74) is 6.74. The molecule has 9 nitrogen and oxygen atoms in total. The van der Waals surface area contributed by atoms with Crippen molar-refractivity contribution >= 4 is 46.7 Å². The highest BCUT2D eigenvalue weighted by molar-refractivity contribution is 6.42. The smallest absolute Gasteiger partial charge is 0.326 e. The predicted octanol–water partition coefficient (Wildman–Crippen LogP) is 10.2. The van der Waals surface area contributed by atoms with E-state index in [-0.39, 0.29) is 43.1 Å². The van der Waals surface area contributed by atoms with Crippen molar-refractivity contribution in [3.05, 3.63) is 181 Å². The van der Waals surface area contributed by atoms with Crippen molar-refractivity contribution in [2.75, 3.05) is 6.61 Å². The minimum Gasteiger partial charge on any atom is -0.489 e. The SMILES string of the molecule is N#Cc1ccc(-c2ccc(C[C@H](NC(=O)[C@@H]3Cc4cc5c(cc4CN3Cc3c(F)cccc3Cl)OC(c3ccc(OCc4ccc(Cl)c(Cl)c4)cc3)CO5)C(=O)O)cc2)cc1. The molecule has 6 aromatic carbocycles. The lowest BCUT2D eigenvalue weighted by Crippen LogP contribution is -2.54. The van der Waals surface area contributed by atoms with Gasteiger partial charge in [0, 0.05) is 30.1 Å². The van der Waals surface area contributed by atoms with E-state index in [9.17, 15) is 14.7 Å². The fraction of sp³-hybridized carbons (Fsp3) is 0.188. The fourth-order valence-electron chi connectivity index (χ4n) is 7.53. The summed E-state index contributed by atoms with van der Waals surface area (Å²) in [6.45, 7) is 0.774. The number of benzene rings is 6. The number of nitriles is 1. The van der Waals surface area contributed by atoms with E-state index in [1.807, 2.05) is 78.9 Å². The highest BCUT2D eigenvalue weighted by Crippen LogP contribution is 2.41. The van der Waals surface area contributed by atoms with Crippen LogP contribution < -0.4 is 19.5 Å². The summed E-state index contributed by atoms with van der Waals surface area (Å²) < 4.78 is 33.8. The quantitative estimate of drug-likeness (QED) is 0.125. The maximum Gasteiger partial charge on any atom is 0.326 e. The van der Waals surface area contributed by atoms with E-state index in [4.69, 9.17) is 54.3 Å². The third-order valence-corrected chi connectivity index (χ3v) is 12.0. The van der Waals surface area contributed by atoms with Gasteiger partial charge in [-0.2, -0.15) is 5.26 Å². The lowest BCUT2D eigenvalue weighted by atomic mass is 9.91. The van der Waals surface area contributed by atoms with Gasteiger partial charge in [0.1, 0.15) is 30.8 Å². The zero-order valence-corrected chi connectivity index (χ0v) is 34.7. The Morgan fingerprint density at radius 2 is 1.56 bits per heavy atom. The number of amides is 1. The zero-order valence-electron chi connectivity index (χ0n) is 32.4. The second kappa shape index (κ2) is 18.3. The Bertz CT molecular complexity index is 2620. The maximum absolute atomic E-state index is 15.2. The molecule has 0 saturated heterocycles. The van der Waals surface area contributed by atoms with Crippen LogP contribution in [0, 0.1) is 17.1 Å². The molecule has 6 aromatic rings. The Kier molecular flexibility index (Phi) is 12.5. The van der Waals surface area contributed by atoms with Gasteiger partial charge in [-0.05, 0) is 106 Å². The third-order valence-electron chi connectivity index (χ3n) is 10.9. The number of carbonyl (C=O) groups is 2. The number of nitrogens with zero attached hydrogens (tertiary/aromatic N) is 2. The Morgan fingerprint density at radius 1 is 0.852 bits per heavy atom. The van der Waals surface area contributed by atoms with E-state index in [2.05, 4.69) is 11.4 Å². The first kappa shape index (κ1) is 41.6. The number of rotatable bonds is 12. The Morgan fingerprint density at radius 3 is 2.25 bits per heavy atom. The number of halogens is 4. The van der Waals surface area contributed by atoms with Crippen molar-refractivity contribution < 1.29 is 33.3 Å². The summed E-state index contributed by atoms with van der Waals surface area (Å²) in [6.07, 6.45) is -0.182. The van der Waals surface area contributed by atoms with Crippen molar-refractivity contribution in [3.8, 4) is 34.4 Å². The molecule has 2 aliphatic heterocycles. The molecule has 2 aliphatic rings. The van der Waals surface area contributed by atoms with E-state index < -0.39 is 35.9 Å². The molecule has 0 spiro atoms. The first-order valence-corrected chi connectivity index (χ1v) is 20.6. The average molecular weight is 877 g/mol. The molecule has 0 fully saturated rings. The molecule has 0 saturated carbocycles. The lowest BCUT2D eigenvalue weighted by molar-refractivity contribution is -0.142. The topological polar surface area (TPSA) is 121 Å². The molecule has 0 bridgehead atoms. The number of carboxylic acid groups (broad SMARTS) is 1. The fourth-order valence-corrected chi connectivity index (χ4v) is 8.07. The van der Waals surface area contributed by atoms with Crippen LogP contribution in [0.25, 0.3) is 11.1 Å². The van der Waals surface area contributed by atoms with Gasteiger partial charge in [0.25, 0.3) is 0 Å². The van der Waals surface area contributed by atoms with E-state index in [0.29, 0.717) is 45.0 Å². The van der Waals surface area contributed by atoms with E-state index >= 15 is 4.39 Å². The van der Waals surface area contributed by atoms with Gasteiger partial charge in [0.15, 0.2) is 17.6 Å². The van der Waals surface area contributed by atoms with E-state index in [0.717, 1.165) is 33.4 Å². The summed E-state index contributed by atoms with van der Waals surface area (Å²) in [6, 6.07) is 35.6. The maximum atomic E-state index is 15.2. The molecule has 308 valence electrons. The Labute approximate surface area is 366 Å². The number of hydrogen-bond acceptors (Lipinski definition) is 7. The zero-order chi connectivity index (χ0) is 42.6. The number of fused-ring (bicyclic) bond motifs is 2. The minimum absolute atomic E-state index is 0.00583. The minimum atomic E-state index is -1.24. The highest BCUT2D eigenvalue weighted by atomic mass is 35.5. The van der Waals surface area contributed by atoms with Crippen LogP contribution in [-0.2, 0) is 42.1 Å². The van der Waals surface area contributed by atoms with Crippen LogP contribution in [0.15, 0.2) is 121 Å². The van der Waals surface area contributed by atoms with Gasteiger partial charge in [0.05, 0.1) is 27.7 Å². The first-order valence-electron chi connectivity index (χ1n) is 19.4. The second-order valence-corrected chi connectivity index (χ2v) is 16.1. The molecule has 2 N–H and O–H groups in total. The van der Waals surface area contributed by atoms with E-state index in [1.54, 1.807) is 35.2 Å². The van der Waals surface area contributed by atoms with Crippen LogP contribution in [0.3, 0.4) is 0 Å². The molecular formula is C48H37Cl3FN3O6. The summed E-state index contributed by atoms with van der Waals surface area (Å²) >= 11 is 18.7. The molecule has 0 radical (unpaired) electrons. The summed E-state index contributed by atoms with van der Waals surface area (Å²) in [5, 5.41) is 23.3. The number of carboxylic acids is 1. The van der Waals surface area contributed by atoms with Crippen molar-refractivity contribution in [3.63, 3.8) is 0 Å². The Hall–Kier alpha value is -6.09.